The molecule has 8 heteroatoms. The van der Waals surface area contributed by atoms with E-state index in [1.165, 1.54) is 18.2 Å². The second-order valence-electron chi connectivity index (χ2n) is 5.12. The Hall–Kier alpha value is -3.42. The van der Waals surface area contributed by atoms with Crippen molar-refractivity contribution in [1.29, 1.82) is 0 Å². The lowest BCUT2D eigenvalue weighted by molar-refractivity contribution is -0.384. The van der Waals surface area contributed by atoms with Gasteiger partial charge in [0.25, 0.3) is 11.6 Å². The van der Waals surface area contributed by atoms with Crippen LogP contribution in [0.2, 0.25) is 0 Å². The van der Waals surface area contributed by atoms with E-state index in [4.69, 9.17) is 4.74 Å². The molecule has 2 aromatic carbocycles. The van der Waals surface area contributed by atoms with Gasteiger partial charge >= 0.3 is 0 Å². The molecule has 2 aromatic rings. The fraction of sp³-hybridized carbons (Fsp3) is 0.176. The van der Waals surface area contributed by atoms with Crippen LogP contribution >= 0.6 is 0 Å². The van der Waals surface area contributed by atoms with Crippen molar-refractivity contribution in [2.75, 3.05) is 13.7 Å². The van der Waals surface area contributed by atoms with E-state index in [9.17, 15) is 19.7 Å². The van der Waals surface area contributed by atoms with E-state index in [1.807, 2.05) is 12.1 Å². The number of carbonyl (C=O) groups is 2. The van der Waals surface area contributed by atoms with E-state index in [1.54, 1.807) is 19.2 Å². The molecule has 0 fully saturated rings. The molecule has 0 aliphatic carbocycles. The van der Waals surface area contributed by atoms with Gasteiger partial charge in [0.2, 0.25) is 5.91 Å². The molecule has 0 aromatic heterocycles. The Bertz CT molecular complexity index is 791. The molecule has 2 N–H and O–H groups in total. The van der Waals surface area contributed by atoms with Crippen molar-refractivity contribution in [1.82, 2.24) is 10.6 Å². The average molecular weight is 343 g/mol. The van der Waals surface area contributed by atoms with Crippen LogP contribution < -0.4 is 15.4 Å². The van der Waals surface area contributed by atoms with Crippen LogP contribution in [0.3, 0.4) is 0 Å². The molecule has 2 rings (SSSR count). The van der Waals surface area contributed by atoms with Crippen molar-refractivity contribution in [3.05, 3.63) is 69.8 Å². The highest BCUT2D eigenvalue weighted by atomic mass is 16.6. The van der Waals surface area contributed by atoms with E-state index in [0.717, 1.165) is 11.6 Å². The fourth-order valence-electron chi connectivity index (χ4n) is 2.07. The summed E-state index contributed by atoms with van der Waals surface area (Å²) in [6, 6.07) is 12.5. The van der Waals surface area contributed by atoms with Crippen LogP contribution in [0.4, 0.5) is 5.69 Å². The Balaban J connectivity index is 1.84. The van der Waals surface area contributed by atoms with E-state index in [0.29, 0.717) is 12.3 Å². The number of hydrogen-bond donors (Lipinski definition) is 2. The first-order chi connectivity index (χ1) is 12.0. The number of nitrogens with one attached hydrogen (secondary N) is 2. The second kappa shape index (κ2) is 8.44. The quantitative estimate of drug-likeness (QED) is 0.587. The van der Waals surface area contributed by atoms with Crippen LogP contribution in [0.25, 0.3) is 0 Å². The number of ether oxygens (including phenoxy) is 1. The normalized spacial score (nSPS) is 9.96. The number of methoxy groups -OCH3 is 1. The van der Waals surface area contributed by atoms with E-state index < -0.39 is 10.8 Å². The molecule has 0 aliphatic rings. The molecular formula is C17H17N3O5. The zero-order valence-electron chi connectivity index (χ0n) is 13.5. The largest absolute Gasteiger partial charge is 0.497 e. The van der Waals surface area contributed by atoms with Crippen LogP contribution in [0.5, 0.6) is 5.75 Å². The standard InChI is InChI=1S/C17H17N3O5/c1-25-15-7-2-4-12(8-15)10-18-16(21)11-19-17(22)13-5-3-6-14(9-13)20(23)24/h2-9H,10-11H2,1H3,(H,18,21)(H,19,22). The molecule has 0 heterocycles. The van der Waals surface area contributed by atoms with E-state index in [2.05, 4.69) is 10.6 Å². The molecule has 8 nitrogen and oxygen atoms in total. The summed E-state index contributed by atoms with van der Waals surface area (Å²) >= 11 is 0. The fourth-order valence-corrected chi connectivity index (χ4v) is 2.07. The van der Waals surface area contributed by atoms with Crippen molar-refractivity contribution >= 4 is 17.5 Å². The zero-order chi connectivity index (χ0) is 18.2. The Morgan fingerprint density at radius 2 is 1.88 bits per heavy atom. The predicted octanol–water partition coefficient (Wildman–Crippen LogP) is 1.65. The van der Waals surface area contributed by atoms with Crippen LogP contribution in [0.1, 0.15) is 15.9 Å². The maximum Gasteiger partial charge on any atom is 0.270 e. The van der Waals surface area contributed by atoms with Crippen molar-refractivity contribution in [2.45, 2.75) is 6.54 Å². The molecule has 0 atom stereocenters. The maximum atomic E-state index is 12.0. The number of nitro groups is 1. The van der Waals surface area contributed by atoms with Gasteiger partial charge in [-0.25, -0.2) is 0 Å². The summed E-state index contributed by atoms with van der Waals surface area (Å²) in [6.45, 7) is 0.0637. The Labute approximate surface area is 144 Å². The summed E-state index contributed by atoms with van der Waals surface area (Å²) in [5, 5.41) is 15.8. The summed E-state index contributed by atoms with van der Waals surface area (Å²) < 4.78 is 5.10. The monoisotopic (exact) mass is 343 g/mol. The average Bonchev–Trinajstić information content (AvgIpc) is 2.64. The number of benzene rings is 2. The number of non-ortho nitro benzene ring substituents is 1. The number of amides is 2. The van der Waals surface area contributed by atoms with Gasteiger partial charge in [-0.3, -0.25) is 19.7 Å². The lowest BCUT2D eigenvalue weighted by atomic mass is 10.2. The Kier molecular flexibility index (Phi) is 6.05. The van der Waals surface area contributed by atoms with Crippen molar-refractivity contribution in [3.63, 3.8) is 0 Å². The number of nitrogens with zero attached hydrogens (tertiary/aromatic N) is 1. The van der Waals surface area contributed by atoms with Gasteiger partial charge in [0.1, 0.15) is 5.75 Å². The number of nitro benzene ring substituents is 1. The molecule has 25 heavy (non-hydrogen) atoms. The predicted molar refractivity (Wildman–Crippen MR) is 90.3 cm³/mol. The summed E-state index contributed by atoms with van der Waals surface area (Å²) in [7, 11) is 1.56. The first-order valence-electron chi connectivity index (χ1n) is 7.42. The van der Waals surface area contributed by atoms with Crippen LogP contribution in [-0.2, 0) is 11.3 Å². The Morgan fingerprint density at radius 3 is 2.60 bits per heavy atom. The summed E-state index contributed by atoms with van der Waals surface area (Å²) in [5.74, 6) is -0.243. The number of carbonyl (C=O) groups excluding carboxylic acids is 2. The van der Waals surface area contributed by atoms with Crippen molar-refractivity contribution < 1.29 is 19.2 Å². The van der Waals surface area contributed by atoms with Gasteiger partial charge in [0.05, 0.1) is 18.6 Å². The molecule has 0 radical (unpaired) electrons. The Morgan fingerprint density at radius 1 is 1.12 bits per heavy atom. The molecule has 0 saturated carbocycles. The molecule has 0 spiro atoms. The third-order valence-corrected chi connectivity index (χ3v) is 3.35. The second-order valence-corrected chi connectivity index (χ2v) is 5.12. The van der Waals surface area contributed by atoms with Gasteiger partial charge in [-0.05, 0) is 23.8 Å². The third kappa shape index (κ3) is 5.31. The van der Waals surface area contributed by atoms with Crippen LogP contribution in [0.15, 0.2) is 48.5 Å². The summed E-state index contributed by atoms with van der Waals surface area (Å²) in [6.07, 6.45) is 0. The van der Waals surface area contributed by atoms with Gasteiger partial charge < -0.3 is 15.4 Å². The summed E-state index contributed by atoms with van der Waals surface area (Å²) in [4.78, 5) is 33.9. The van der Waals surface area contributed by atoms with Crippen molar-refractivity contribution in [3.8, 4) is 5.75 Å². The topological polar surface area (TPSA) is 111 Å². The maximum absolute atomic E-state index is 12.0. The van der Waals surface area contributed by atoms with Crippen molar-refractivity contribution in [2.24, 2.45) is 0 Å². The highest BCUT2D eigenvalue weighted by molar-refractivity contribution is 5.96. The van der Waals surface area contributed by atoms with E-state index >= 15 is 0 Å². The lowest BCUT2D eigenvalue weighted by Gasteiger charge is -2.08. The molecule has 0 unspecified atom stereocenters. The van der Waals surface area contributed by atoms with Gasteiger partial charge in [0, 0.05) is 24.2 Å². The molecule has 0 bridgehead atoms. The minimum atomic E-state index is -0.586. The molecule has 2 amide bonds. The smallest absolute Gasteiger partial charge is 0.270 e. The lowest BCUT2D eigenvalue weighted by Crippen LogP contribution is -2.36. The van der Waals surface area contributed by atoms with Crippen LogP contribution in [0, 0.1) is 10.1 Å². The molecular weight excluding hydrogens is 326 g/mol. The minimum Gasteiger partial charge on any atom is -0.497 e. The first kappa shape index (κ1) is 17.9. The van der Waals surface area contributed by atoms with Gasteiger partial charge in [-0.1, -0.05) is 18.2 Å². The highest BCUT2D eigenvalue weighted by Crippen LogP contribution is 2.13. The molecule has 0 aliphatic heterocycles. The first-order valence-corrected chi connectivity index (χ1v) is 7.42. The molecule has 0 saturated heterocycles. The number of rotatable bonds is 7. The SMILES string of the molecule is COc1cccc(CNC(=O)CNC(=O)c2cccc([N+](=O)[O-])c2)c1. The number of hydrogen-bond acceptors (Lipinski definition) is 5. The highest BCUT2D eigenvalue weighted by Gasteiger charge is 2.12. The minimum absolute atomic E-state index is 0.120. The van der Waals surface area contributed by atoms with Gasteiger partial charge in [-0.15, -0.1) is 0 Å². The third-order valence-electron chi connectivity index (χ3n) is 3.35. The van der Waals surface area contributed by atoms with Crippen LogP contribution in [-0.4, -0.2) is 30.4 Å². The summed E-state index contributed by atoms with van der Waals surface area (Å²) in [5.41, 5.74) is 0.794. The zero-order valence-corrected chi connectivity index (χ0v) is 13.5. The van der Waals surface area contributed by atoms with E-state index in [-0.39, 0.29) is 23.7 Å². The van der Waals surface area contributed by atoms with Gasteiger partial charge in [-0.2, -0.15) is 0 Å². The van der Waals surface area contributed by atoms with Gasteiger partial charge in [0.15, 0.2) is 0 Å². The molecule has 130 valence electrons.